The summed E-state index contributed by atoms with van der Waals surface area (Å²) in [7, 11) is 1.90. The molecule has 120 valence electrons. The minimum atomic E-state index is -0.142. The number of fused-ring (bicyclic) bond motifs is 1. The molecule has 6 nitrogen and oxygen atoms in total. The molecule has 1 unspecified atom stereocenters. The number of carbonyl (C=O) groups is 1. The van der Waals surface area contributed by atoms with Crippen molar-refractivity contribution in [1.82, 2.24) is 24.8 Å². The largest absolute Gasteiger partial charge is 0.345 e. The van der Waals surface area contributed by atoms with Crippen molar-refractivity contribution in [3.8, 4) is 0 Å². The van der Waals surface area contributed by atoms with Crippen LogP contribution in [0.2, 0.25) is 0 Å². The Kier molecular flexibility index (Phi) is 3.89. The van der Waals surface area contributed by atoms with E-state index in [1.807, 2.05) is 45.5 Å². The van der Waals surface area contributed by atoms with Gasteiger partial charge < -0.3 is 9.88 Å². The molecule has 0 spiro atoms. The van der Waals surface area contributed by atoms with Crippen LogP contribution in [0.5, 0.6) is 0 Å². The lowest BCUT2D eigenvalue weighted by Gasteiger charge is -2.12. The Morgan fingerprint density at radius 2 is 2.04 bits per heavy atom. The van der Waals surface area contributed by atoms with Gasteiger partial charge >= 0.3 is 0 Å². The Morgan fingerprint density at radius 1 is 1.30 bits per heavy atom. The first-order valence-electron chi connectivity index (χ1n) is 7.40. The van der Waals surface area contributed by atoms with Gasteiger partial charge in [-0.15, -0.1) is 11.3 Å². The van der Waals surface area contributed by atoms with E-state index in [1.165, 1.54) is 0 Å². The van der Waals surface area contributed by atoms with E-state index in [4.69, 9.17) is 0 Å². The van der Waals surface area contributed by atoms with Gasteiger partial charge in [-0.05, 0) is 33.8 Å². The Hall–Kier alpha value is -2.28. The zero-order chi connectivity index (χ0) is 16.7. The highest BCUT2D eigenvalue weighted by Gasteiger charge is 2.19. The van der Waals surface area contributed by atoms with Crippen LogP contribution in [0.4, 0.5) is 0 Å². The fourth-order valence-electron chi connectivity index (χ4n) is 2.48. The Morgan fingerprint density at radius 3 is 2.70 bits per heavy atom. The number of thiazole rings is 1. The van der Waals surface area contributed by atoms with Crippen LogP contribution in [0.3, 0.4) is 0 Å². The second-order valence-corrected chi connectivity index (χ2v) is 6.94. The van der Waals surface area contributed by atoms with Crippen LogP contribution in [-0.4, -0.2) is 25.4 Å². The summed E-state index contributed by atoms with van der Waals surface area (Å²) in [6.07, 6.45) is 1.81. The van der Waals surface area contributed by atoms with Gasteiger partial charge in [-0.2, -0.15) is 0 Å². The van der Waals surface area contributed by atoms with Crippen LogP contribution in [0.15, 0.2) is 12.3 Å². The van der Waals surface area contributed by atoms with Crippen molar-refractivity contribution in [3.63, 3.8) is 0 Å². The van der Waals surface area contributed by atoms with Gasteiger partial charge in [0.15, 0.2) is 5.65 Å². The molecule has 0 aliphatic carbocycles. The van der Waals surface area contributed by atoms with Crippen molar-refractivity contribution < 1.29 is 4.79 Å². The maximum Gasteiger partial charge on any atom is 0.254 e. The van der Waals surface area contributed by atoms with Crippen molar-refractivity contribution in [1.29, 1.82) is 0 Å². The SMILES string of the molecule is Cc1cc(C(=O)NC(C)c2cnc(C)s2)c2nc(C)n(C)c2n1. The lowest BCUT2D eigenvalue weighted by Crippen LogP contribution is -2.26. The summed E-state index contributed by atoms with van der Waals surface area (Å²) < 4.78 is 1.90. The molecular weight excluding hydrogens is 310 g/mol. The zero-order valence-electron chi connectivity index (χ0n) is 13.8. The van der Waals surface area contributed by atoms with Crippen LogP contribution in [0, 0.1) is 20.8 Å². The Balaban J connectivity index is 1.96. The van der Waals surface area contributed by atoms with Crippen molar-refractivity contribution in [3.05, 3.63) is 39.2 Å². The third kappa shape index (κ3) is 2.84. The second-order valence-electron chi connectivity index (χ2n) is 5.68. The molecule has 7 heteroatoms. The predicted molar refractivity (Wildman–Crippen MR) is 90.7 cm³/mol. The van der Waals surface area contributed by atoms with Gasteiger partial charge in [0.05, 0.1) is 16.6 Å². The summed E-state index contributed by atoms with van der Waals surface area (Å²) >= 11 is 1.59. The van der Waals surface area contributed by atoms with Crippen LogP contribution in [0.25, 0.3) is 11.2 Å². The Labute approximate surface area is 138 Å². The van der Waals surface area contributed by atoms with Gasteiger partial charge in [0.1, 0.15) is 11.3 Å². The van der Waals surface area contributed by atoms with E-state index >= 15 is 0 Å². The molecule has 3 rings (SSSR count). The fraction of sp³-hybridized carbons (Fsp3) is 0.375. The average molecular weight is 329 g/mol. The first-order valence-corrected chi connectivity index (χ1v) is 8.22. The molecule has 3 heterocycles. The highest BCUT2D eigenvalue weighted by molar-refractivity contribution is 7.11. The summed E-state index contributed by atoms with van der Waals surface area (Å²) in [6, 6.07) is 1.69. The molecule has 0 saturated heterocycles. The third-order valence-corrected chi connectivity index (χ3v) is 4.93. The summed E-state index contributed by atoms with van der Waals surface area (Å²) in [5, 5.41) is 4.02. The molecule has 3 aromatic rings. The molecular formula is C16H19N5OS. The van der Waals surface area contributed by atoms with E-state index in [9.17, 15) is 4.79 Å². The summed E-state index contributed by atoms with van der Waals surface area (Å²) in [5.74, 6) is 0.690. The molecule has 0 radical (unpaired) electrons. The van der Waals surface area contributed by atoms with Gasteiger partial charge in [0.25, 0.3) is 5.91 Å². The van der Waals surface area contributed by atoms with Crippen molar-refractivity contribution in [2.75, 3.05) is 0 Å². The molecule has 0 aromatic carbocycles. The molecule has 1 atom stereocenters. The quantitative estimate of drug-likeness (QED) is 0.802. The summed E-state index contributed by atoms with van der Waals surface area (Å²) in [5.41, 5.74) is 2.73. The standard InChI is InChI=1S/C16H19N5OS/c1-8-6-12(14-15(18-8)21(5)10(3)20-14)16(22)19-9(2)13-7-17-11(4)23-13/h6-7,9H,1-5H3,(H,19,22). The van der Waals surface area contributed by atoms with E-state index < -0.39 is 0 Å². The summed E-state index contributed by atoms with van der Waals surface area (Å²) in [6.45, 7) is 7.70. The van der Waals surface area contributed by atoms with E-state index in [0.29, 0.717) is 11.1 Å². The number of hydrogen-bond acceptors (Lipinski definition) is 5. The number of hydrogen-bond donors (Lipinski definition) is 1. The van der Waals surface area contributed by atoms with Crippen molar-refractivity contribution >= 4 is 28.4 Å². The maximum atomic E-state index is 12.7. The van der Waals surface area contributed by atoms with Crippen LogP contribution in [0.1, 0.15) is 44.7 Å². The minimum absolute atomic E-state index is 0.0953. The van der Waals surface area contributed by atoms with E-state index in [0.717, 1.165) is 27.1 Å². The number of pyridine rings is 1. The number of rotatable bonds is 3. The molecule has 3 aromatic heterocycles. The lowest BCUT2D eigenvalue weighted by molar-refractivity contribution is 0.0942. The number of amides is 1. The van der Waals surface area contributed by atoms with Gasteiger partial charge in [0.2, 0.25) is 0 Å². The molecule has 1 amide bonds. The first kappa shape index (κ1) is 15.6. The number of nitrogens with one attached hydrogen (secondary N) is 1. The smallest absolute Gasteiger partial charge is 0.254 e. The van der Waals surface area contributed by atoms with Gasteiger partial charge in [-0.3, -0.25) is 4.79 Å². The zero-order valence-corrected chi connectivity index (χ0v) is 14.7. The molecule has 0 aliphatic heterocycles. The molecule has 23 heavy (non-hydrogen) atoms. The maximum absolute atomic E-state index is 12.7. The van der Waals surface area contributed by atoms with E-state index in [2.05, 4.69) is 20.3 Å². The van der Waals surface area contributed by atoms with Crippen LogP contribution >= 0.6 is 11.3 Å². The second kappa shape index (κ2) is 5.73. The number of carbonyl (C=O) groups excluding carboxylic acids is 1. The normalized spacial score (nSPS) is 12.6. The van der Waals surface area contributed by atoms with E-state index in [1.54, 1.807) is 17.4 Å². The topological polar surface area (TPSA) is 72.7 Å². The lowest BCUT2D eigenvalue weighted by atomic mass is 10.1. The monoisotopic (exact) mass is 329 g/mol. The average Bonchev–Trinajstić information content (AvgIpc) is 3.04. The predicted octanol–water partition coefficient (Wildman–Crippen LogP) is 2.84. The molecule has 0 aliphatic rings. The molecule has 0 fully saturated rings. The first-order chi connectivity index (χ1) is 10.9. The number of aromatic nitrogens is 4. The van der Waals surface area contributed by atoms with Crippen molar-refractivity contribution in [2.45, 2.75) is 33.7 Å². The number of imidazole rings is 1. The van der Waals surface area contributed by atoms with Crippen LogP contribution in [-0.2, 0) is 7.05 Å². The third-order valence-electron chi connectivity index (χ3n) is 3.84. The Bertz CT molecular complexity index is 895. The number of aryl methyl sites for hydroxylation is 4. The van der Waals surface area contributed by atoms with Crippen LogP contribution < -0.4 is 5.32 Å². The molecule has 0 saturated carbocycles. The summed E-state index contributed by atoms with van der Waals surface area (Å²) in [4.78, 5) is 27.0. The van der Waals surface area contributed by atoms with Gasteiger partial charge in [0, 0.05) is 23.8 Å². The fourth-order valence-corrected chi connectivity index (χ4v) is 3.27. The van der Waals surface area contributed by atoms with E-state index in [-0.39, 0.29) is 11.9 Å². The van der Waals surface area contributed by atoms with Gasteiger partial charge in [-0.25, -0.2) is 15.0 Å². The highest BCUT2D eigenvalue weighted by atomic mass is 32.1. The molecule has 1 N–H and O–H groups in total. The molecule has 0 bridgehead atoms. The van der Waals surface area contributed by atoms with Crippen molar-refractivity contribution in [2.24, 2.45) is 7.05 Å². The highest BCUT2D eigenvalue weighted by Crippen LogP contribution is 2.22. The minimum Gasteiger partial charge on any atom is -0.345 e. The number of nitrogens with zero attached hydrogens (tertiary/aromatic N) is 4. The van der Waals surface area contributed by atoms with Gasteiger partial charge in [-0.1, -0.05) is 0 Å².